The fourth-order valence-electron chi connectivity index (χ4n) is 2.13. The van der Waals surface area contributed by atoms with Gasteiger partial charge in [-0.05, 0) is 30.9 Å². The number of rotatable bonds is 3. The molecule has 1 atom stereocenters. The maximum absolute atomic E-state index is 4.79. The summed E-state index contributed by atoms with van der Waals surface area (Å²) >= 11 is 0. The van der Waals surface area contributed by atoms with Crippen molar-refractivity contribution >= 4 is 10.9 Å². The molecule has 1 unspecified atom stereocenters. The number of hydrogen-bond acceptors (Lipinski definition) is 2. The summed E-state index contributed by atoms with van der Waals surface area (Å²) in [6, 6.07) is 6.45. The Morgan fingerprint density at radius 2 is 1.83 bits per heavy atom. The lowest BCUT2D eigenvalue weighted by Gasteiger charge is -2.14. The summed E-state index contributed by atoms with van der Waals surface area (Å²) < 4.78 is 0. The average Bonchev–Trinajstić information content (AvgIpc) is 2.35. The number of benzene rings is 1. The van der Waals surface area contributed by atoms with Gasteiger partial charge >= 0.3 is 0 Å². The fraction of sp³-hybridized carbons (Fsp3) is 0.500. The molecule has 0 saturated heterocycles. The van der Waals surface area contributed by atoms with Crippen molar-refractivity contribution < 1.29 is 0 Å². The smallest absolute Gasteiger partial charge is 0.132 e. The molecule has 0 aliphatic rings. The number of fused-ring (bicyclic) bond motifs is 1. The Balaban J connectivity index is 2.70. The highest BCUT2D eigenvalue weighted by atomic mass is 14.9. The van der Waals surface area contributed by atoms with Crippen LogP contribution in [-0.2, 0) is 0 Å². The molecule has 1 aromatic heterocycles. The van der Waals surface area contributed by atoms with Crippen LogP contribution in [0.4, 0.5) is 0 Å². The Bertz CT molecular complexity index is 558. The minimum atomic E-state index is 0.424. The minimum Gasteiger partial charge on any atom is -0.237 e. The predicted molar refractivity (Wildman–Crippen MR) is 77.1 cm³/mol. The van der Waals surface area contributed by atoms with E-state index in [2.05, 4.69) is 52.8 Å². The van der Waals surface area contributed by atoms with Crippen molar-refractivity contribution in [1.82, 2.24) is 9.97 Å². The molecule has 1 heterocycles. The largest absolute Gasteiger partial charge is 0.237 e. The van der Waals surface area contributed by atoms with Crippen LogP contribution in [0.3, 0.4) is 0 Å². The first-order valence-electron chi connectivity index (χ1n) is 6.81. The van der Waals surface area contributed by atoms with Crippen LogP contribution in [0.25, 0.3) is 10.9 Å². The van der Waals surface area contributed by atoms with Gasteiger partial charge in [-0.3, -0.25) is 0 Å². The van der Waals surface area contributed by atoms with E-state index in [4.69, 9.17) is 9.97 Å². The van der Waals surface area contributed by atoms with Crippen molar-refractivity contribution in [3.8, 4) is 0 Å². The van der Waals surface area contributed by atoms with E-state index in [0.717, 1.165) is 17.8 Å². The molecule has 0 radical (unpaired) electrons. The Morgan fingerprint density at radius 1 is 1.11 bits per heavy atom. The zero-order valence-electron chi connectivity index (χ0n) is 12.0. The molecular formula is C16H22N2. The molecule has 2 heteroatoms. The molecule has 0 bridgehead atoms. The molecule has 96 valence electrons. The van der Waals surface area contributed by atoms with Gasteiger partial charge in [0.25, 0.3) is 0 Å². The van der Waals surface area contributed by atoms with Crippen LogP contribution >= 0.6 is 0 Å². The molecule has 0 spiro atoms. The van der Waals surface area contributed by atoms with Gasteiger partial charge in [-0.25, -0.2) is 9.97 Å². The van der Waals surface area contributed by atoms with Gasteiger partial charge in [-0.15, -0.1) is 0 Å². The minimum absolute atomic E-state index is 0.424. The van der Waals surface area contributed by atoms with Gasteiger partial charge in [-0.1, -0.05) is 39.8 Å². The summed E-state index contributed by atoms with van der Waals surface area (Å²) in [5.41, 5.74) is 3.52. The number of nitrogens with zero attached hydrogens (tertiary/aromatic N) is 2. The second kappa shape index (κ2) is 5.05. The van der Waals surface area contributed by atoms with Gasteiger partial charge in [0.15, 0.2) is 0 Å². The zero-order valence-corrected chi connectivity index (χ0v) is 12.0. The van der Waals surface area contributed by atoms with Crippen molar-refractivity contribution in [2.75, 3.05) is 0 Å². The van der Waals surface area contributed by atoms with Crippen LogP contribution in [0.2, 0.25) is 0 Å². The van der Waals surface area contributed by atoms with Crippen LogP contribution in [0.1, 0.15) is 63.0 Å². The summed E-state index contributed by atoms with van der Waals surface area (Å²) in [4.78, 5) is 9.53. The average molecular weight is 242 g/mol. The van der Waals surface area contributed by atoms with Crippen LogP contribution in [0, 0.1) is 6.92 Å². The van der Waals surface area contributed by atoms with E-state index in [1.54, 1.807) is 0 Å². The van der Waals surface area contributed by atoms with E-state index in [1.165, 1.54) is 16.6 Å². The molecule has 2 rings (SSSR count). The van der Waals surface area contributed by atoms with Crippen LogP contribution in [0.15, 0.2) is 18.2 Å². The molecule has 0 saturated carbocycles. The first-order chi connectivity index (χ1) is 8.52. The zero-order chi connectivity index (χ0) is 13.3. The van der Waals surface area contributed by atoms with E-state index in [1.807, 2.05) is 0 Å². The van der Waals surface area contributed by atoms with Crippen molar-refractivity contribution in [2.24, 2.45) is 0 Å². The maximum atomic E-state index is 4.79. The third-order valence-electron chi connectivity index (χ3n) is 3.50. The second-order valence-corrected chi connectivity index (χ2v) is 5.45. The molecule has 0 fully saturated rings. The van der Waals surface area contributed by atoms with Crippen molar-refractivity contribution in [1.29, 1.82) is 0 Å². The predicted octanol–water partition coefficient (Wildman–Crippen LogP) is 4.58. The molecule has 2 aromatic rings. The summed E-state index contributed by atoms with van der Waals surface area (Å²) in [5.74, 6) is 1.84. The molecule has 0 aliphatic heterocycles. The van der Waals surface area contributed by atoms with Crippen molar-refractivity contribution in [3.05, 3.63) is 35.3 Å². The first-order valence-corrected chi connectivity index (χ1v) is 6.81. The lowest BCUT2D eigenvalue weighted by Crippen LogP contribution is -2.05. The highest BCUT2D eigenvalue weighted by Gasteiger charge is 2.14. The van der Waals surface area contributed by atoms with E-state index in [-0.39, 0.29) is 0 Å². The van der Waals surface area contributed by atoms with Gasteiger partial charge in [-0.2, -0.15) is 0 Å². The van der Waals surface area contributed by atoms with Crippen molar-refractivity contribution in [3.63, 3.8) is 0 Å². The Hall–Kier alpha value is -1.44. The Kier molecular flexibility index (Phi) is 3.65. The quantitative estimate of drug-likeness (QED) is 0.787. The highest BCUT2D eigenvalue weighted by molar-refractivity contribution is 5.82. The van der Waals surface area contributed by atoms with E-state index < -0.39 is 0 Å². The van der Waals surface area contributed by atoms with Gasteiger partial charge in [0.05, 0.1) is 11.2 Å². The molecular weight excluding hydrogens is 220 g/mol. The summed E-state index contributed by atoms with van der Waals surface area (Å²) in [6.07, 6.45) is 1.08. The van der Waals surface area contributed by atoms with E-state index in [0.29, 0.717) is 11.8 Å². The van der Waals surface area contributed by atoms with Crippen LogP contribution in [-0.4, -0.2) is 9.97 Å². The summed E-state index contributed by atoms with van der Waals surface area (Å²) in [5, 5.41) is 1.20. The monoisotopic (exact) mass is 242 g/mol. The lowest BCUT2D eigenvalue weighted by molar-refractivity contribution is 0.669. The standard InChI is InChI=1S/C16H22N2/c1-6-12(5)16-17-14-9-11(4)7-8-13(14)15(18-16)10(2)3/h7-10,12H,6H2,1-5H3. The third-order valence-corrected chi connectivity index (χ3v) is 3.50. The van der Waals surface area contributed by atoms with E-state index >= 15 is 0 Å². The number of aromatic nitrogens is 2. The molecule has 18 heavy (non-hydrogen) atoms. The second-order valence-electron chi connectivity index (χ2n) is 5.45. The summed E-state index contributed by atoms with van der Waals surface area (Å²) in [7, 11) is 0. The lowest BCUT2D eigenvalue weighted by atomic mass is 10.0. The number of aryl methyl sites for hydroxylation is 1. The van der Waals surface area contributed by atoms with Crippen LogP contribution < -0.4 is 0 Å². The fourth-order valence-corrected chi connectivity index (χ4v) is 2.13. The van der Waals surface area contributed by atoms with Gasteiger partial charge in [0.1, 0.15) is 5.82 Å². The van der Waals surface area contributed by atoms with Crippen molar-refractivity contribution in [2.45, 2.75) is 52.9 Å². The Morgan fingerprint density at radius 3 is 2.44 bits per heavy atom. The molecule has 0 N–H and O–H groups in total. The Labute approximate surface area is 109 Å². The topological polar surface area (TPSA) is 25.8 Å². The molecule has 2 nitrogen and oxygen atoms in total. The third kappa shape index (κ3) is 2.38. The first kappa shape index (κ1) is 13.0. The SMILES string of the molecule is CCC(C)c1nc(C(C)C)c2ccc(C)cc2n1. The summed E-state index contributed by atoms with van der Waals surface area (Å²) in [6.45, 7) is 10.9. The van der Waals surface area contributed by atoms with Gasteiger partial charge < -0.3 is 0 Å². The molecule has 0 aliphatic carbocycles. The maximum Gasteiger partial charge on any atom is 0.132 e. The normalized spacial score (nSPS) is 13.2. The highest BCUT2D eigenvalue weighted by Crippen LogP contribution is 2.26. The number of hydrogen-bond donors (Lipinski definition) is 0. The molecule has 1 aromatic carbocycles. The van der Waals surface area contributed by atoms with Gasteiger partial charge in [0.2, 0.25) is 0 Å². The van der Waals surface area contributed by atoms with Crippen LogP contribution in [0.5, 0.6) is 0 Å². The molecule has 0 amide bonds. The van der Waals surface area contributed by atoms with E-state index in [9.17, 15) is 0 Å². The van der Waals surface area contributed by atoms with Gasteiger partial charge in [0, 0.05) is 11.3 Å².